The number of hydrogen-bond donors (Lipinski definition) is 2. The second kappa shape index (κ2) is 7.14. The number of hydrogen-bond acceptors (Lipinski definition) is 8. The number of carbonyl (C=O) groups is 1. The highest BCUT2D eigenvalue weighted by molar-refractivity contribution is 7.13. The Bertz CT molecular complexity index is 1070. The van der Waals surface area contributed by atoms with Crippen molar-refractivity contribution in [3.8, 4) is 0 Å². The maximum atomic E-state index is 12.3. The van der Waals surface area contributed by atoms with Crippen LogP contribution in [-0.4, -0.2) is 24.6 Å². The summed E-state index contributed by atoms with van der Waals surface area (Å²) in [7, 11) is 0. The molecule has 0 radical (unpaired) electrons. The number of aromatic nitrogens is 4. The predicted octanol–water partition coefficient (Wildman–Crippen LogP) is 3.78. The summed E-state index contributed by atoms with van der Waals surface area (Å²) in [5.41, 5.74) is 3.96. The molecule has 1 amide bonds. The van der Waals surface area contributed by atoms with Gasteiger partial charge in [-0.3, -0.25) is 4.79 Å². The van der Waals surface area contributed by atoms with Gasteiger partial charge in [0.05, 0.1) is 29.5 Å². The lowest BCUT2D eigenvalue weighted by Crippen LogP contribution is -2.14. The second-order valence-electron chi connectivity index (χ2n) is 5.65. The Hall–Kier alpha value is -2.91. The van der Waals surface area contributed by atoms with Gasteiger partial charge in [0.15, 0.2) is 5.13 Å². The van der Waals surface area contributed by atoms with Crippen molar-refractivity contribution >= 4 is 56.6 Å². The lowest BCUT2D eigenvalue weighted by atomic mass is 10.2. The van der Waals surface area contributed by atoms with Crippen LogP contribution in [-0.2, 0) is 11.2 Å². The van der Waals surface area contributed by atoms with Gasteiger partial charge in [0.2, 0.25) is 5.91 Å². The smallest absolute Gasteiger partial charge is 0.230 e. The summed E-state index contributed by atoms with van der Waals surface area (Å²) in [4.78, 5) is 21.0. The standard InChI is InChI=1S/C17H14N6OS2/c1-10-5-6-18-14(7-10)21-17-19-11(9-25-17)8-15(24)20-12-3-2-4-13-16(12)23-26-22-13/h2-7,9H,8H2,1H3,(H,20,24)(H,18,19,21). The molecule has 0 aliphatic heterocycles. The van der Waals surface area contributed by atoms with E-state index in [1.54, 1.807) is 6.20 Å². The average Bonchev–Trinajstić information content (AvgIpc) is 3.25. The second-order valence-corrected chi connectivity index (χ2v) is 7.04. The molecule has 0 spiro atoms. The molecule has 3 aromatic heterocycles. The van der Waals surface area contributed by atoms with Crippen LogP contribution in [0.15, 0.2) is 41.9 Å². The number of nitrogens with zero attached hydrogens (tertiary/aromatic N) is 4. The van der Waals surface area contributed by atoms with E-state index in [0.717, 1.165) is 28.6 Å². The van der Waals surface area contributed by atoms with E-state index in [4.69, 9.17) is 0 Å². The van der Waals surface area contributed by atoms with E-state index in [0.29, 0.717) is 22.0 Å². The number of anilines is 3. The van der Waals surface area contributed by atoms with E-state index < -0.39 is 0 Å². The number of carbonyl (C=O) groups excluding carboxylic acids is 1. The number of nitrogens with one attached hydrogen (secondary N) is 2. The molecule has 0 fully saturated rings. The van der Waals surface area contributed by atoms with Crippen LogP contribution in [0.5, 0.6) is 0 Å². The Morgan fingerprint density at radius 1 is 1.23 bits per heavy atom. The first kappa shape index (κ1) is 16.6. The summed E-state index contributed by atoms with van der Waals surface area (Å²) in [5.74, 6) is 0.592. The van der Waals surface area contributed by atoms with Gasteiger partial charge in [-0.15, -0.1) is 11.3 Å². The number of aryl methyl sites for hydroxylation is 1. The summed E-state index contributed by atoms with van der Waals surface area (Å²) >= 11 is 2.57. The fourth-order valence-electron chi connectivity index (χ4n) is 2.43. The topological polar surface area (TPSA) is 92.7 Å². The van der Waals surface area contributed by atoms with Gasteiger partial charge in [0.1, 0.15) is 16.9 Å². The molecule has 4 aromatic rings. The van der Waals surface area contributed by atoms with E-state index in [-0.39, 0.29) is 12.3 Å². The van der Waals surface area contributed by atoms with Crippen LogP contribution >= 0.6 is 23.1 Å². The normalized spacial score (nSPS) is 10.8. The number of rotatable bonds is 5. The zero-order valence-electron chi connectivity index (χ0n) is 13.8. The first-order valence-electron chi connectivity index (χ1n) is 7.82. The average molecular weight is 382 g/mol. The molecule has 0 atom stereocenters. The van der Waals surface area contributed by atoms with Gasteiger partial charge in [-0.1, -0.05) is 6.07 Å². The number of pyridine rings is 1. The molecule has 1 aromatic carbocycles. The van der Waals surface area contributed by atoms with Crippen molar-refractivity contribution < 1.29 is 4.79 Å². The molecule has 0 aliphatic rings. The first-order valence-corrected chi connectivity index (χ1v) is 9.43. The molecule has 130 valence electrons. The number of amides is 1. The van der Waals surface area contributed by atoms with Crippen molar-refractivity contribution in [3.05, 3.63) is 53.2 Å². The molecule has 0 unspecified atom stereocenters. The van der Waals surface area contributed by atoms with Crippen molar-refractivity contribution in [2.24, 2.45) is 0 Å². The summed E-state index contributed by atoms with van der Waals surface area (Å²) < 4.78 is 8.40. The monoisotopic (exact) mass is 382 g/mol. The molecule has 9 heteroatoms. The van der Waals surface area contributed by atoms with E-state index in [1.807, 2.05) is 42.6 Å². The van der Waals surface area contributed by atoms with Crippen LogP contribution in [0.4, 0.5) is 16.6 Å². The van der Waals surface area contributed by atoms with Gasteiger partial charge < -0.3 is 10.6 Å². The number of benzene rings is 1. The summed E-state index contributed by atoms with van der Waals surface area (Å²) in [5, 5.41) is 8.61. The van der Waals surface area contributed by atoms with Crippen LogP contribution in [0.3, 0.4) is 0 Å². The molecular weight excluding hydrogens is 368 g/mol. The van der Waals surface area contributed by atoms with Gasteiger partial charge in [-0.25, -0.2) is 9.97 Å². The van der Waals surface area contributed by atoms with Crippen molar-refractivity contribution in [1.29, 1.82) is 0 Å². The van der Waals surface area contributed by atoms with Gasteiger partial charge in [0, 0.05) is 11.6 Å². The van der Waals surface area contributed by atoms with Crippen molar-refractivity contribution in [3.63, 3.8) is 0 Å². The van der Waals surface area contributed by atoms with E-state index in [9.17, 15) is 4.79 Å². The fourth-order valence-corrected chi connectivity index (χ4v) is 3.69. The van der Waals surface area contributed by atoms with Gasteiger partial charge >= 0.3 is 0 Å². The van der Waals surface area contributed by atoms with Gasteiger partial charge in [0.25, 0.3) is 0 Å². The maximum absolute atomic E-state index is 12.3. The Labute approximate surface area is 157 Å². The van der Waals surface area contributed by atoms with Crippen LogP contribution in [0, 0.1) is 6.92 Å². The minimum atomic E-state index is -0.143. The Balaban J connectivity index is 1.42. The zero-order valence-corrected chi connectivity index (χ0v) is 15.4. The van der Waals surface area contributed by atoms with E-state index >= 15 is 0 Å². The largest absolute Gasteiger partial charge is 0.324 e. The highest BCUT2D eigenvalue weighted by Gasteiger charge is 2.11. The predicted molar refractivity (Wildman–Crippen MR) is 104 cm³/mol. The lowest BCUT2D eigenvalue weighted by Gasteiger charge is -2.04. The number of thiazole rings is 1. The maximum Gasteiger partial charge on any atom is 0.230 e. The van der Waals surface area contributed by atoms with Crippen molar-refractivity contribution in [2.45, 2.75) is 13.3 Å². The molecule has 0 bridgehead atoms. The zero-order chi connectivity index (χ0) is 17.9. The third-order valence-corrected chi connectivity index (χ3v) is 4.95. The third-order valence-electron chi connectivity index (χ3n) is 3.60. The molecule has 2 N–H and O–H groups in total. The minimum absolute atomic E-state index is 0.143. The van der Waals surface area contributed by atoms with E-state index in [2.05, 4.69) is 29.3 Å². The molecule has 0 aliphatic carbocycles. The quantitative estimate of drug-likeness (QED) is 0.546. The van der Waals surface area contributed by atoms with Crippen molar-refractivity contribution in [2.75, 3.05) is 10.6 Å². The first-order chi connectivity index (χ1) is 12.7. The molecule has 26 heavy (non-hydrogen) atoms. The van der Waals surface area contributed by atoms with Gasteiger partial charge in [-0.05, 0) is 36.8 Å². The Morgan fingerprint density at radius 3 is 3.04 bits per heavy atom. The SMILES string of the molecule is Cc1ccnc(Nc2nc(CC(=O)Nc3cccc4nsnc34)cs2)c1. The summed E-state index contributed by atoms with van der Waals surface area (Å²) in [6, 6.07) is 9.40. The number of fused-ring (bicyclic) bond motifs is 1. The third kappa shape index (κ3) is 3.68. The molecule has 0 saturated carbocycles. The van der Waals surface area contributed by atoms with Crippen molar-refractivity contribution in [1.82, 2.24) is 18.7 Å². The molecule has 3 heterocycles. The van der Waals surface area contributed by atoms with Crippen LogP contribution in [0.1, 0.15) is 11.3 Å². The van der Waals surface area contributed by atoms with E-state index in [1.165, 1.54) is 11.3 Å². The van der Waals surface area contributed by atoms with Crippen LogP contribution < -0.4 is 10.6 Å². The molecule has 7 nitrogen and oxygen atoms in total. The summed E-state index contributed by atoms with van der Waals surface area (Å²) in [6.45, 7) is 2.00. The lowest BCUT2D eigenvalue weighted by molar-refractivity contribution is -0.115. The highest BCUT2D eigenvalue weighted by Crippen LogP contribution is 2.23. The molecule has 0 saturated heterocycles. The molecular formula is C17H14N6OS2. The Kier molecular flexibility index (Phi) is 4.55. The minimum Gasteiger partial charge on any atom is -0.324 e. The fraction of sp³-hybridized carbons (Fsp3) is 0.118. The van der Waals surface area contributed by atoms with Gasteiger partial charge in [-0.2, -0.15) is 8.75 Å². The molecule has 4 rings (SSSR count). The van der Waals surface area contributed by atoms with Crippen LogP contribution in [0.2, 0.25) is 0 Å². The summed E-state index contributed by atoms with van der Waals surface area (Å²) in [6.07, 6.45) is 1.93. The Morgan fingerprint density at radius 2 is 2.15 bits per heavy atom. The highest BCUT2D eigenvalue weighted by atomic mass is 32.1. The van der Waals surface area contributed by atoms with Crippen LogP contribution in [0.25, 0.3) is 11.0 Å².